The Bertz CT molecular complexity index is 512. The molecule has 0 atom stereocenters. The van der Waals surface area contributed by atoms with Gasteiger partial charge in [-0.05, 0) is 30.5 Å². The third-order valence-corrected chi connectivity index (χ3v) is 3.83. The first kappa shape index (κ1) is 13.9. The first-order valence-electron chi connectivity index (χ1n) is 5.29. The number of hydrogen-bond donors (Lipinski definition) is 2. The van der Waals surface area contributed by atoms with Gasteiger partial charge in [0.2, 0.25) is 10.0 Å². The van der Waals surface area contributed by atoms with Crippen LogP contribution in [0.5, 0.6) is 0 Å². The highest BCUT2D eigenvalue weighted by atomic mass is 32.2. The van der Waals surface area contributed by atoms with Crippen molar-refractivity contribution in [3.63, 3.8) is 0 Å². The molecule has 0 heterocycles. The van der Waals surface area contributed by atoms with Crippen molar-refractivity contribution < 1.29 is 12.8 Å². The van der Waals surface area contributed by atoms with Crippen LogP contribution in [0.25, 0.3) is 0 Å². The quantitative estimate of drug-likeness (QED) is 0.808. The fourth-order valence-corrected chi connectivity index (χ4v) is 2.79. The van der Waals surface area contributed by atoms with Crippen molar-refractivity contribution in [3.05, 3.63) is 23.5 Å². The molecule has 1 aromatic carbocycles. The molecule has 0 spiro atoms. The summed E-state index contributed by atoms with van der Waals surface area (Å²) < 4.78 is 39.4. The number of halogens is 1. The van der Waals surface area contributed by atoms with Gasteiger partial charge in [-0.2, -0.15) is 0 Å². The van der Waals surface area contributed by atoms with E-state index in [1.165, 1.54) is 6.92 Å². The Morgan fingerprint density at radius 2 is 2.00 bits per heavy atom. The van der Waals surface area contributed by atoms with Gasteiger partial charge in [-0.25, -0.2) is 17.5 Å². The maximum Gasteiger partial charge on any atom is 0.240 e. The summed E-state index contributed by atoms with van der Waals surface area (Å²) in [6, 6.07) is 2.27. The molecule has 0 saturated heterocycles. The van der Waals surface area contributed by atoms with Gasteiger partial charge in [0.15, 0.2) is 0 Å². The van der Waals surface area contributed by atoms with Crippen molar-refractivity contribution in [1.82, 2.24) is 4.72 Å². The molecule has 17 heavy (non-hydrogen) atoms. The van der Waals surface area contributed by atoms with Gasteiger partial charge in [-0.15, -0.1) is 0 Å². The molecule has 0 radical (unpaired) electrons. The lowest BCUT2D eigenvalue weighted by Gasteiger charge is -2.11. The zero-order valence-corrected chi connectivity index (χ0v) is 10.9. The standard InChI is InChI=1S/C11H17FN2O2S/c1-7(2)6-14-17(15,16)11-5-10(13)9(12)4-8(11)3/h4-5,7,14H,6,13H2,1-3H3. The van der Waals surface area contributed by atoms with E-state index in [0.717, 1.165) is 12.1 Å². The SMILES string of the molecule is Cc1cc(F)c(N)cc1S(=O)(=O)NCC(C)C. The number of nitrogen functional groups attached to an aromatic ring is 1. The lowest BCUT2D eigenvalue weighted by atomic mass is 10.2. The molecule has 0 amide bonds. The van der Waals surface area contributed by atoms with Gasteiger partial charge in [0, 0.05) is 6.54 Å². The molecule has 0 bridgehead atoms. The van der Waals surface area contributed by atoms with Crippen LogP contribution in [0.1, 0.15) is 19.4 Å². The molecule has 0 aliphatic heterocycles. The third-order valence-electron chi connectivity index (χ3n) is 2.27. The number of rotatable bonds is 4. The highest BCUT2D eigenvalue weighted by Crippen LogP contribution is 2.21. The number of benzene rings is 1. The predicted molar refractivity (Wildman–Crippen MR) is 65.6 cm³/mol. The summed E-state index contributed by atoms with van der Waals surface area (Å²) in [5.74, 6) is -0.409. The molecule has 1 rings (SSSR count). The molecule has 0 aromatic heterocycles. The van der Waals surface area contributed by atoms with Crippen LogP contribution in [-0.2, 0) is 10.0 Å². The van der Waals surface area contributed by atoms with Crippen LogP contribution < -0.4 is 10.5 Å². The average molecular weight is 260 g/mol. The number of aryl methyl sites for hydroxylation is 1. The van der Waals surface area contributed by atoms with Crippen LogP contribution in [0.15, 0.2) is 17.0 Å². The van der Waals surface area contributed by atoms with Crippen molar-refractivity contribution >= 4 is 15.7 Å². The number of anilines is 1. The van der Waals surface area contributed by atoms with E-state index in [1.54, 1.807) is 0 Å². The summed E-state index contributed by atoms with van der Waals surface area (Å²) in [6.45, 7) is 5.66. The Hall–Kier alpha value is -1.14. The van der Waals surface area contributed by atoms with Gasteiger partial charge in [0.1, 0.15) is 5.82 Å². The molecule has 1 aromatic rings. The molecule has 0 aliphatic rings. The number of sulfonamides is 1. The lowest BCUT2D eigenvalue weighted by Crippen LogP contribution is -2.28. The van der Waals surface area contributed by atoms with E-state index in [9.17, 15) is 12.8 Å². The molecule has 0 unspecified atom stereocenters. The van der Waals surface area contributed by atoms with Crippen molar-refractivity contribution in [2.75, 3.05) is 12.3 Å². The Morgan fingerprint density at radius 3 is 2.53 bits per heavy atom. The summed E-state index contributed by atoms with van der Waals surface area (Å²) >= 11 is 0. The normalized spacial score (nSPS) is 12.1. The summed E-state index contributed by atoms with van der Waals surface area (Å²) in [4.78, 5) is 0.0250. The van der Waals surface area contributed by atoms with E-state index in [-0.39, 0.29) is 16.5 Å². The molecule has 0 aliphatic carbocycles. The average Bonchev–Trinajstić information content (AvgIpc) is 2.20. The summed E-state index contributed by atoms with van der Waals surface area (Å²) in [5, 5.41) is 0. The summed E-state index contributed by atoms with van der Waals surface area (Å²) in [7, 11) is -3.62. The van der Waals surface area contributed by atoms with Gasteiger partial charge in [0.25, 0.3) is 0 Å². The summed E-state index contributed by atoms with van der Waals surface area (Å²) in [5.41, 5.74) is 5.55. The number of nitrogens with two attached hydrogens (primary N) is 1. The van der Waals surface area contributed by atoms with Gasteiger partial charge >= 0.3 is 0 Å². The first-order valence-corrected chi connectivity index (χ1v) is 6.77. The maximum atomic E-state index is 13.1. The minimum absolute atomic E-state index is 0.0250. The van der Waals surface area contributed by atoms with Gasteiger partial charge in [0.05, 0.1) is 10.6 Å². The van der Waals surface area contributed by atoms with Gasteiger partial charge < -0.3 is 5.73 Å². The van der Waals surface area contributed by atoms with E-state index in [2.05, 4.69) is 4.72 Å². The first-order chi connectivity index (χ1) is 7.74. The fourth-order valence-electron chi connectivity index (χ4n) is 1.31. The third kappa shape index (κ3) is 3.41. The highest BCUT2D eigenvalue weighted by molar-refractivity contribution is 7.89. The number of nitrogens with one attached hydrogen (secondary N) is 1. The highest BCUT2D eigenvalue weighted by Gasteiger charge is 2.18. The lowest BCUT2D eigenvalue weighted by molar-refractivity contribution is 0.559. The minimum Gasteiger partial charge on any atom is -0.396 e. The molecule has 3 N–H and O–H groups in total. The van der Waals surface area contributed by atoms with Crippen molar-refractivity contribution in [2.24, 2.45) is 5.92 Å². The van der Waals surface area contributed by atoms with Crippen LogP contribution in [0, 0.1) is 18.7 Å². The van der Waals surface area contributed by atoms with Gasteiger partial charge in [-0.3, -0.25) is 0 Å². The fraction of sp³-hybridized carbons (Fsp3) is 0.455. The van der Waals surface area contributed by atoms with E-state index >= 15 is 0 Å². The van der Waals surface area contributed by atoms with Crippen LogP contribution in [-0.4, -0.2) is 15.0 Å². The monoisotopic (exact) mass is 260 g/mol. The van der Waals surface area contributed by atoms with E-state index in [4.69, 9.17) is 5.73 Å². The Balaban J connectivity index is 3.11. The molecular weight excluding hydrogens is 243 g/mol. The van der Waals surface area contributed by atoms with Crippen LogP contribution in [0.2, 0.25) is 0 Å². The van der Waals surface area contributed by atoms with E-state index < -0.39 is 15.8 Å². The Labute approximate surface area is 101 Å². The van der Waals surface area contributed by atoms with E-state index in [0.29, 0.717) is 12.1 Å². The van der Waals surface area contributed by atoms with Gasteiger partial charge in [-0.1, -0.05) is 13.8 Å². The van der Waals surface area contributed by atoms with Crippen LogP contribution >= 0.6 is 0 Å². The number of hydrogen-bond acceptors (Lipinski definition) is 3. The minimum atomic E-state index is -3.62. The molecule has 0 fully saturated rings. The molecule has 4 nitrogen and oxygen atoms in total. The summed E-state index contributed by atoms with van der Waals surface area (Å²) in [6.07, 6.45) is 0. The van der Waals surface area contributed by atoms with Crippen LogP contribution in [0.3, 0.4) is 0 Å². The van der Waals surface area contributed by atoms with Crippen molar-refractivity contribution in [3.8, 4) is 0 Å². The zero-order valence-electron chi connectivity index (χ0n) is 10.1. The molecule has 0 saturated carbocycles. The molecular formula is C11H17FN2O2S. The second-order valence-electron chi connectivity index (χ2n) is 4.38. The smallest absolute Gasteiger partial charge is 0.240 e. The zero-order chi connectivity index (χ0) is 13.2. The topological polar surface area (TPSA) is 72.2 Å². The maximum absolute atomic E-state index is 13.1. The predicted octanol–water partition coefficient (Wildman–Crippen LogP) is 1.65. The van der Waals surface area contributed by atoms with Crippen molar-refractivity contribution in [1.29, 1.82) is 0 Å². The largest absolute Gasteiger partial charge is 0.396 e. The second-order valence-corrected chi connectivity index (χ2v) is 6.12. The van der Waals surface area contributed by atoms with E-state index in [1.807, 2.05) is 13.8 Å². The molecule has 6 heteroatoms. The second kappa shape index (κ2) is 5.01. The Kier molecular flexibility index (Phi) is 4.11. The Morgan fingerprint density at radius 1 is 1.41 bits per heavy atom. The van der Waals surface area contributed by atoms with Crippen molar-refractivity contribution in [2.45, 2.75) is 25.7 Å². The van der Waals surface area contributed by atoms with Crippen LogP contribution in [0.4, 0.5) is 10.1 Å². The molecule has 96 valence electrons.